The molecular weight excluding hydrogens is 226 g/mol. The van der Waals surface area contributed by atoms with Crippen LogP contribution in [0.4, 0.5) is 0 Å². The van der Waals surface area contributed by atoms with Crippen molar-refractivity contribution >= 4 is 0 Å². The largest absolute Gasteiger partial charge is 0.369 e. The van der Waals surface area contributed by atoms with Crippen molar-refractivity contribution in [3.05, 3.63) is 23.8 Å². The molecule has 4 nitrogen and oxygen atoms in total. The van der Waals surface area contributed by atoms with Crippen molar-refractivity contribution < 1.29 is 4.74 Å². The highest BCUT2D eigenvalue weighted by Gasteiger charge is 2.48. The van der Waals surface area contributed by atoms with Crippen molar-refractivity contribution in [2.75, 3.05) is 0 Å². The fourth-order valence-corrected chi connectivity index (χ4v) is 3.03. The van der Waals surface area contributed by atoms with Gasteiger partial charge in [0, 0.05) is 12.1 Å². The molecule has 1 aromatic heterocycles. The second-order valence-electron chi connectivity index (χ2n) is 6.33. The highest BCUT2D eigenvalue weighted by molar-refractivity contribution is 5.12. The monoisotopic (exact) mass is 249 g/mol. The van der Waals surface area contributed by atoms with Gasteiger partial charge in [0.1, 0.15) is 5.82 Å². The van der Waals surface area contributed by atoms with Crippen molar-refractivity contribution in [1.82, 2.24) is 9.97 Å². The van der Waals surface area contributed by atoms with Gasteiger partial charge in [0.15, 0.2) is 0 Å². The molecule has 1 saturated heterocycles. The summed E-state index contributed by atoms with van der Waals surface area (Å²) in [6, 6.07) is 1.79. The Kier molecular flexibility index (Phi) is 3.19. The maximum Gasteiger partial charge on any atom is 0.125 e. The molecule has 2 unspecified atom stereocenters. The lowest BCUT2D eigenvalue weighted by molar-refractivity contribution is -0.0768. The molecule has 100 valence electrons. The van der Waals surface area contributed by atoms with E-state index in [0.717, 1.165) is 17.9 Å². The Labute approximate surface area is 109 Å². The van der Waals surface area contributed by atoms with Gasteiger partial charge in [0.05, 0.1) is 22.9 Å². The van der Waals surface area contributed by atoms with Gasteiger partial charge in [0.2, 0.25) is 0 Å². The summed E-state index contributed by atoms with van der Waals surface area (Å²) in [4.78, 5) is 8.56. The molecule has 0 radical (unpaired) electrons. The summed E-state index contributed by atoms with van der Waals surface area (Å²) < 4.78 is 6.10. The number of nitrogens with two attached hydrogens (primary N) is 1. The number of ether oxygens (including phenoxy) is 1. The molecule has 1 aliphatic rings. The Balaban J connectivity index is 2.26. The number of rotatable bonds is 2. The zero-order valence-electron chi connectivity index (χ0n) is 11.9. The van der Waals surface area contributed by atoms with Gasteiger partial charge in [-0.3, -0.25) is 0 Å². The van der Waals surface area contributed by atoms with Crippen LogP contribution in [0.2, 0.25) is 0 Å². The number of hydrogen-bond donors (Lipinski definition) is 1. The predicted molar refractivity (Wildman–Crippen MR) is 71.0 cm³/mol. The number of nitrogens with zero attached hydrogens (tertiary/aromatic N) is 2. The van der Waals surface area contributed by atoms with E-state index in [1.807, 2.05) is 13.0 Å². The minimum absolute atomic E-state index is 0.108. The van der Waals surface area contributed by atoms with Gasteiger partial charge in [-0.15, -0.1) is 0 Å². The summed E-state index contributed by atoms with van der Waals surface area (Å²) in [7, 11) is 0. The van der Waals surface area contributed by atoms with Crippen LogP contribution in [-0.4, -0.2) is 21.2 Å². The van der Waals surface area contributed by atoms with E-state index >= 15 is 0 Å². The summed E-state index contributed by atoms with van der Waals surface area (Å²) in [5.74, 6) is 1.03. The summed E-state index contributed by atoms with van der Waals surface area (Å²) >= 11 is 0. The zero-order valence-corrected chi connectivity index (χ0v) is 11.9. The standard InChI is InChI=1S/C14H23N3O/c1-9-16-7-6-11(17-9)12(15)10-8-13(2,3)18-14(10,4)5/h6-7,10,12H,8,15H2,1-5H3. The first kappa shape index (κ1) is 13.4. The molecule has 1 fully saturated rings. The third-order valence-electron chi connectivity index (χ3n) is 3.72. The van der Waals surface area contributed by atoms with Crippen LogP contribution >= 0.6 is 0 Å². The minimum Gasteiger partial charge on any atom is -0.369 e. The van der Waals surface area contributed by atoms with Crippen molar-refractivity contribution in [2.45, 2.75) is 58.3 Å². The first-order valence-corrected chi connectivity index (χ1v) is 6.47. The van der Waals surface area contributed by atoms with E-state index in [1.54, 1.807) is 6.20 Å². The number of aryl methyl sites for hydroxylation is 1. The summed E-state index contributed by atoms with van der Waals surface area (Å²) in [6.45, 7) is 10.3. The molecule has 2 heterocycles. The Bertz CT molecular complexity index is 442. The summed E-state index contributed by atoms with van der Waals surface area (Å²) in [6.07, 6.45) is 2.72. The van der Waals surface area contributed by atoms with Gasteiger partial charge in [-0.2, -0.15) is 0 Å². The van der Waals surface area contributed by atoms with Crippen LogP contribution in [-0.2, 0) is 4.74 Å². The highest BCUT2D eigenvalue weighted by Crippen LogP contribution is 2.46. The van der Waals surface area contributed by atoms with Crippen molar-refractivity contribution in [1.29, 1.82) is 0 Å². The second kappa shape index (κ2) is 4.28. The first-order chi connectivity index (χ1) is 8.21. The molecule has 0 saturated carbocycles. The Hall–Kier alpha value is -1.00. The highest BCUT2D eigenvalue weighted by atomic mass is 16.5. The van der Waals surface area contributed by atoms with E-state index in [4.69, 9.17) is 10.5 Å². The van der Waals surface area contributed by atoms with Crippen molar-refractivity contribution in [3.63, 3.8) is 0 Å². The van der Waals surface area contributed by atoms with Crippen LogP contribution in [0, 0.1) is 12.8 Å². The SMILES string of the molecule is Cc1nccc(C(N)C2CC(C)(C)OC2(C)C)n1. The molecule has 1 aliphatic heterocycles. The third-order valence-corrected chi connectivity index (χ3v) is 3.72. The maximum atomic E-state index is 6.40. The van der Waals surface area contributed by atoms with E-state index in [-0.39, 0.29) is 23.2 Å². The first-order valence-electron chi connectivity index (χ1n) is 6.47. The molecule has 2 rings (SSSR count). The topological polar surface area (TPSA) is 61.0 Å². The normalized spacial score (nSPS) is 27.1. The average molecular weight is 249 g/mol. The molecule has 0 amide bonds. The Morgan fingerprint density at radius 1 is 1.39 bits per heavy atom. The molecule has 0 aliphatic carbocycles. The van der Waals surface area contributed by atoms with Crippen LogP contribution in [0.3, 0.4) is 0 Å². The zero-order chi connectivity index (χ0) is 13.6. The van der Waals surface area contributed by atoms with Crippen molar-refractivity contribution in [2.24, 2.45) is 11.7 Å². The lowest BCUT2D eigenvalue weighted by atomic mass is 9.81. The van der Waals surface area contributed by atoms with Gasteiger partial charge >= 0.3 is 0 Å². The molecule has 1 aromatic rings. The van der Waals surface area contributed by atoms with Crippen LogP contribution in [0.5, 0.6) is 0 Å². The smallest absolute Gasteiger partial charge is 0.125 e. The Morgan fingerprint density at radius 3 is 2.56 bits per heavy atom. The van der Waals surface area contributed by atoms with Gasteiger partial charge in [0.25, 0.3) is 0 Å². The van der Waals surface area contributed by atoms with Crippen molar-refractivity contribution in [3.8, 4) is 0 Å². The number of aromatic nitrogens is 2. The van der Waals surface area contributed by atoms with E-state index in [2.05, 4.69) is 37.7 Å². The van der Waals surface area contributed by atoms with Gasteiger partial charge < -0.3 is 10.5 Å². The molecular formula is C14H23N3O. The second-order valence-corrected chi connectivity index (χ2v) is 6.33. The van der Waals surface area contributed by atoms with E-state index in [9.17, 15) is 0 Å². The van der Waals surface area contributed by atoms with Gasteiger partial charge in [-0.05, 0) is 47.1 Å². The molecule has 2 atom stereocenters. The molecule has 2 N–H and O–H groups in total. The predicted octanol–water partition coefficient (Wildman–Crippen LogP) is 2.38. The van der Waals surface area contributed by atoms with Gasteiger partial charge in [-0.25, -0.2) is 9.97 Å². The van der Waals surface area contributed by atoms with E-state index in [0.29, 0.717) is 0 Å². The molecule has 18 heavy (non-hydrogen) atoms. The molecule has 0 aromatic carbocycles. The quantitative estimate of drug-likeness (QED) is 0.874. The van der Waals surface area contributed by atoms with Gasteiger partial charge in [-0.1, -0.05) is 0 Å². The molecule has 4 heteroatoms. The van der Waals surface area contributed by atoms with Crippen LogP contribution < -0.4 is 5.73 Å². The molecule has 0 bridgehead atoms. The fourth-order valence-electron chi connectivity index (χ4n) is 3.03. The van der Waals surface area contributed by atoms with E-state index in [1.165, 1.54) is 0 Å². The maximum absolute atomic E-state index is 6.40. The van der Waals surface area contributed by atoms with Crippen LogP contribution in [0.25, 0.3) is 0 Å². The van der Waals surface area contributed by atoms with E-state index < -0.39 is 0 Å². The Morgan fingerprint density at radius 2 is 2.06 bits per heavy atom. The number of hydrogen-bond acceptors (Lipinski definition) is 4. The fraction of sp³-hybridized carbons (Fsp3) is 0.714. The average Bonchev–Trinajstić information content (AvgIpc) is 2.45. The van der Waals surface area contributed by atoms with Crippen LogP contribution in [0.1, 0.15) is 51.7 Å². The van der Waals surface area contributed by atoms with Crippen LogP contribution in [0.15, 0.2) is 12.3 Å². The lowest BCUT2D eigenvalue weighted by Crippen LogP contribution is -2.36. The summed E-state index contributed by atoms with van der Waals surface area (Å²) in [5.41, 5.74) is 6.96. The third kappa shape index (κ3) is 2.54. The summed E-state index contributed by atoms with van der Waals surface area (Å²) in [5, 5.41) is 0. The lowest BCUT2D eigenvalue weighted by Gasteiger charge is -2.30. The molecule has 0 spiro atoms. The minimum atomic E-state index is -0.220.